The van der Waals surface area contributed by atoms with Crippen molar-refractivity contribution >= 4 is 39.8 Å². The largest absolute Gasteiger partial charge is 0.383 e. The highest BCUT2D eigenvalue weighted by atomic mass is 35.5. The molecule has 0 saturated carbocycles. The average Bonchev–Trinajstić information content (AvgIpc) is 2.83. The van der Waals surface area contributed by atoms with Crippen LogP contribution in [0.3, 0.4) is 0 Å². The van der Waals surface area contributed by atoms with Gasteiger partial charge < -0.3 is 20.3 Å². The summed E-state index contributed by atoms with van der Waals surface area (Å²) in [6.07, 6.45) is 3.66. The van der Waals surface area contributed by atoms with Crippen LogP contribution in [0.5, 0.6) is 0 Å². The first-order chi connectivity index (χ1) is 16.1. The number of carbonyl (C=O) groups excluding carboxylic acids is 1. The zero-order valence-corrected chi connectivity index (χ0v) is 20.0. The smallest absolute Gasteiger partial charge is 0.251 e. The maximum atomic E-state index is 12.8. The zero-order valence-electron chi connectivity index (χ0n) is 19.2. The van der Waals surface area contributed by atoms with Crippen LogP contribution in [0, 0.1) is 6.92 Å². The molecule has 1 aliphatic rings. The first kappa shape index (κ1) is 23.3. The summed E-state index contributed by atoms with van der Waals surface area (Å²) in [5, 5.41) is 8.35. The van der Waals surface area contributed by atoms with Crippen molar-refractivity contribution in [3.8, 4) is 0 Å². The van der Waals surface area contributed by atoms with Gasteiger partial charge in [-0.05, 0) is 68.7 Å². The van der Waals surface area contributed by atoms with Gasteiger partial charge in [0, 0.05) is 65.8 Å². The van der Waals surface area contributed by atoms with Crippen LogP contribution in [0.1, 0.15) is 35.7 Å². The number of amides is 1. The second-order valence-corrected chi connectivity index (χ2v) is 8.74. The number of pyridine rings is 1. The molecule has 1 saturated heterocycles. The van der Waals surface area contributed by atoms with Gasteiger partial charge in [-0.2, -0.15) is 0 Å². The fourth-order valence-electron chi connectivity index (χ4n) is 4.31. The highest BCUT2D eigenvalue weighted by Crippen LogP contribution is 2.29. The highest BCUT2D eigenvalue weighted by molar-refractivity contribution is 6.31. The van der Waals surface area contributed by atoms with Gasteiger partial charge in [0.25, 0.3) is 5.91 Å². The summed E-state index contributed by atoms with van der Waals surface area (Å²) in [4.78, 5) is 19.7. The second-order valence-electron chi connectivity index (χ2n) is 8.33. The predicted octanol–water partition coefficient (Wildman–Crippen LogP) is 5.04. The molecule has 2 heterocycles. The lowest BCUT2D eigenvalue weighted by atomic mass is 10.0. The fraction of sp³-hybridized carbons (Fsp3) is 0.385. The molecule has 174 valence electrons. The third-order valence-corrected chi connectivity index (χ3v) is 6.59. The summed E-state index contributed by atoms with van der Waals surface area (Å²) < 4.78 is 5.39. The van der Waals surface area contributed by atoms with E-state index in [4.69, 9.17) is 16.3 Å². The van der Waals surface area contributed by atoms with Gasteiger partial charge in [0.05, 0.1) is 12.1 Å². The van der Waals surface area contributed by atoms with Crippen molar-refractivity contribution in [1.82, 2.24) is 10.3 Å². The summed E-state index contributed by atoms with van der Waals surface area (Å²) >= 11 is 6.18. The molecule has 0 radical (unpaired) electrons. The number of hydrogen-bond acceptors (Lipinski definition) is 5. The molecule has 4 rings (SSSR count). The molecule has 1 aromatic heterocycles. The molecule has 0 unspecified atom stereocenters. The number of piperidine rings is 1. The minimum atomic E-state index is -0.0489. The number of rotatable bonds is 8. The van der Waals surface area contributed by atoms with E-state index < -0.39 is 0 Å². The first-order valence-electron chi connectivity index (χ1n) is 11.6. The molecule has 1 aliphatic heterocycles. The number of nitrogens with one attached hydrogen (secondary N) is 2. The third kappa shape index (κ3) is 5.57. The number of aromatic nitrogens is 1. The Morgan fingerprint density at radius 3 is 2.82 bits per heavy atom. The van der Waals surface area contributed by atoms with Crippen molar-refractivity contribution in [2.75, 3.05) is 43.1 Å². The van der Waals surface area contributed by atoms with Gasteiger partial charge in [0.2, 0.25) is 0 Å². The van der Waals surface area contributed by atoms with Crippen LogP contribution in [0.25, 0.3) is 10.9 Å². The fourth-order valence-corrected chi connectivity index (χ4v) is 4.49. The van der Waals surface area contributed by atoms with E-state index in [1.807, 2.05) is 38.2 Å². The van der Waals surface area contributed by atoms with Gasteiger partial charge in [0.15, 0.2) is 0 Å². The summed E-state index contributed by atoms with van der Waals surface area (Å²) in [5.41, 5.74) is 4.68. The molecular weight excluding hydrogens is 436 g/mol. The number of anilines is 2. The summed E-state index contributed by atoms with van der Waals surface area (Å²) in [6.45, 7) is 7.83. The van der Waals surface area contributed by atoms with Crippen molar-refractivity contribution < 1.29 is 9.53 Å². The van der Waals surface area contributed by atoms with Crippen LogP contribution in [0.15, 0.2) is 48.7 Å². The maximum absolute atomic E-state index is 12.8. The second kappa shape index (κ2) is 10.9. The van der Waals surface area contributed by atoms with Crippen molar-refractivity contribution in [3.63, 3.8) is 0 Å². The van der Waals surface area contributed by atoms with Gasteiger partial charge >= 0.3 is 0 Å². The molecular formula is C26H31ClN4O2. The Kier molecular flexibility index (Phi) is 7.68. The average molecular weight is 467 g/mol. The molecule has 0 spiro atoms. The van der Waals surface area contributed by atoms with Crippen LogP contribution in [0.2, 0.25) is 5.02 Å². The lowest BCUT2D eigenvalue weighted by molar-refractivity contribution is 0.0930. The third-order valence-electron chi connectivity index (χ3n) is 6.18. The molecule has 0 bridgehead atoms. The Bertz CT molecular complexity index is 1110. The van der Waals surface area contributed by atoms with Gasteiger partial charge in [-0.3, -0.25) is 9.78 Å². The summed E-state index contributed by atoms with van der Waals surface area (Å²) in [7, 11) is 0. The number of benzene rings is 2. The van der Waals surface area contributed by atoms with Gasteiger partial charge in [-0.15, -0.1) is 0 Å². The Labute approximate surface area is 200 Å². The molecule has 2 aromatic carbocycles. The Hall–Kier alpha value is -2.83. The van der Waals surface area contributed by atoms with Gasteiger partial charge in [0.1, 0.15) is 0 Å². The number of nitrogens with zero attached hydrogens (tertiary/aromatic N) is 2. The van der Waals surface area contributed by atoms with E-state index in [1.54, 1.807) is 0 Å². The minimum Gasteiger partial charge on any atom is -0.383 e. The van der Waals surface area contributed by atoms with E-state index in [9.17, 15) is 4.79 Å². The van der Waals surface area contributed by atoms with Crippen LogP contribution in [0.4, 0.5) is 11.4 Å². The lowest BCUT2D eigenvalue weighted by Gasteiger charge is -2.34. The minimum absolute atomic E-state index is 0.0489. The Balaban J connectivity index is 1.38. The number of halogens is 1. The first-order valence-corrected chi connectivity index (χ1v) is 12.0. The Morgan fingerprint density at radius 1 is 1.21 bits per heavy atom. The van der Waals surface area contributed by atoms with E-state index in [-0.39, 0.29) is 11.9 Å². The van der Waals surface area contributed by atoms with Gasteiger partial charge in [-0.25, -0.2) is 0 Å². The molecule has 7 heteroatoms. The molecule has 33 heavy (non-hydrogen) atoms. The normalized spacial score (nSPS) is 14.5. The van der Waals surface area contributed by atoms with Crippen molar-refractivity contribution in [2.45, 2.75) is 32.7 Å². The molecule has 0 atom stereocenters. The molecule has 1 amide bonds. The molecule has 0 aliphatic carbocycles. The van der Waals surface area contributed by atoms with E-state index in [2.05, 4.69) is 44.8 Å². The number of fused-ring (bicyclic) bond motifs is 1. The monoisotopic (exact) mass is 466 g/mol. The van der Waals surface area contributed by atoms with E-state index in [0.29, 0.717) is 17.2 Å². The number of carbonyl (C=O) groups is 1. The molecule has 2 N–H and O–H groups in total. The molecule has 1 fully saturated rings. The quantitative estimate of drug-likeness (QED) is 0.455. The van der Waals surface area contributed by atoms with Crippen LogP contribution in [-0.4, -0.2) is 49.8 Å². The van der Waals surface area contributed by atoms with E-state index in [0.717, 1.165) is 61.2 Å². The topological polar surface area (TPSA) is 66.5 Å². The zero-order chi connectivity index (χ0) is 23.2. The molecule has 6 nitrogen and oxygen atoms in total. The lowest BCUT2D eigenvalue weighted by Crippen LogP contribution is -2.45. The van der Waals surface area contributed by atoms with E-state index >= 15 is 0 Å². The SMILES string of the molecule is CCOCCNc1ccc2c(N3CCC(NC(=O)c4cccc(Cl)c4C)CC3)ccnc2c1. The van der Waals surface area contributed by atoms with Crippen LogP contribution in [-0.2, 0) is 4.74 Å². The number of ether oxygens (including phenoxy) is 1. The van der Waals surface area contributed by atoms with Crippen molar-refractivity contribution in [3.05, 3.63) is 64.8 Å². The predicted molar refractivity (Wildman–Crippen MR) is 136 cm³/mol. The maximum Gasteiger partial charge on any atom is 0.251 e. The number of hydrogen-bond donors (Lipinski definition) is 2. The van der Waals surface area contributed by atoms with Crippen LogP contribution >= 0.6 is 11.6 Å². The van der Waals surface area contributed by atoms with Crippen molar-refractivity contribution in [1.29, 1.82) is 0 Å². The standard InChI is InChI=1S/C26H31ClN4O2/c1-3-33-16-13-28-20-7-8-22-24(17-20)29-12-9-25(22)31-14-10-19(11-15-31)30-26(32)21-5-4-6-23(27)18(21)2/h4-9,12,17,19,28H,3,10-11,13-16H2,1-2H3,(H,30,32). The summed E-state index contributed by atoms with van der Waals surface area (Å²) in [6, 6.07) is 14.0. The Morgan fingerprint density at radius 2 is 2.03 bits per heavy atom. The van der Waals surface area contributed by atoms with Gasteiger partial charge in [-0.1, -0.05) is 17.7 Å². The van der Waals surface area contributed by atoms with Crippen LogP contribution < -0.4 is 15.5 Å². The summed E-state index contributed by atoms with van der Waals surface area (Å²) in [5.74, 6) is -0.0489. The molecule has 3 aromatic rings. The van der Waals surface area contributed by atoms with E-state index in [1.165, 1.54) is 5.69 Å². The highest BCUT2D eigenvalue weighted by Gasteiger charge is 2.23. The van der Waals surface area contributed by atoms with Crippen molar-refractivity contribution in [2.24, 2.45) is 0 Å².